The Labute approximate surface area is 115 Å². The Bertz CT molecular complexity index is 503. The predicted molar refractivity (Wildman–Crippen MR) is 71.5 cm³/mol. The van der Waals surface area contributed by atoms with Crippen LogP contribution in [-0.4, -0.2) is 29.8 Å². The molecule has 0 spiro atoms. The Hall–Kier alpha value is -1.24. The summed E-state index contributed by atoms with van der Waals surface area (Å²) in [6.07, 6.45) is 4.51. The van der Waals surface area contributed by atoms with Crippen LogP contribution in [0.5, 0.6) is 0 Å². The fraction of sp³-hybridized carbons (Fsp3) is 0.636. The van der Waals surface area contributed by atoms with Crippen molar-refractivity contribution in [1.82, 2.24) is 29.8 Å². The number of rotatable bonds is 5. The number of hydrogen-bond acceptors (Lipinski definition) is 4. The van der Waals surface area contributed by atoms with E-state index in [2.05, 4.69) is 57.1 Å². The minimum atomic E-state index is 0.259. The maximum Gasteiger partial charge on any atom is 0.148 e. The summed E-state index contributed by atoms with van der Waals surface area (Å²) in [5, 5.41) is 12.5. The minimum absolute atomic E-state index is 0.259. The molecule has 18 heavy (non-hydrogen) atoms. The van der Waals surface area contributed by atoms with Crippen molar-refractivity contribution in [2.45, 2.75) is 44.6 Å². The first-order valence-electron chi connectivity index (χ1n) is 6.04. The van der Waals surface area contributed by atoms with Crippen LogP contribution in [0.4, 0.5) is 0 Å². The van der Waals surface area contributed by atoms with Crippen molar-refractivity contribution >= 4 is 15.9 Å². The minimum Gasteiger partial charge on any atom is -0.246 e. The molecule has 0 amide bonds. The van der Waals surface area contributed by atoms with Gasteiger partial charge in [0.25, 0.3) is 0 Å². The highest BCUT2D eigenvalue weighted by molar-refractivity contribution is 9.09. The molecule has 0 N–H and O–H groups in total. The zero-order chi connectivity index (χ0) is 13.1. The number of hydrogen-bond donors (Lipinski definition) is 0. The zero-order valence-electron chi connectivity index (χ0n) is 10.8. The van der Waals surface area contributed by atoms with Gasteiger partial charge in [0.2, 0.25) is 0 Å². The van der Waals surface area contributed by atoms with Crippen LogP contribution in [0.1, 0.15) is 49.6 Å². The van der Waals surface area contributed by atoms with E-state index in [4.69, 9.17) is 0 Å². The fourth-order valence-corrected chi connectivity index (χ4v) is 1.92. The number of aromatic nitrogens is 6. The monoisotopic (exact) mass is 312 g/mol. The standard InChI is InChI=1S/C11H17BrN6/c1-4-9(12)10-5-17(16-15-10)6-11-13-7-14-18(11)8(2)3/h5,7-9H,4,6H2,1-3H3. The van der Waals surface area contributed by atoms with Crippen LogP contribution in [0.25, 0.3) is 0 Å². The van der Waals surface area contributed by atoms with Crippen LogP contribution in [0.2, 0.25) is 0 Å². The van der Waals surface area contributed by atoms with E-state index in [0.29, 0.717) is 12.6 Å². The molecule has 1 atom stereocenters. The molecule has 7 heteroatoms. The van der Waals surface area contributed by atoms with Crippen LogP contribution in [0.3, 0.4) is 0 Å². The number of alkyl halides is 1. The second-order valence-electron chi connectivity index (χ2n) is 4.43. The van der Waals surface area contributed by atoms with Crippen LogP contribution < -0.4 is 0 Å². The molecule has 1 unspecified atom stereocenters. The second kappa shape index (κ2) is 5.60. The zero-order valence-corrected chi connectivity index (χ0v) is 12.4. The smallest absolute Gasteiger partial charge is 0.148 e. The molecule has 0 aromatic carbocycles. The van der Waals surface area contributed by atoms with E-state index >= 15 is 0 Å². The molecule has 0 fully saturated rings. The Balaban J connectivity index is 2.14. The molecule has 2 aromatic heterocycles. The molecular formula is C11H17BrN6. The maximum absolute atomic E-state index is 4.26. The Morgan fingerprint density at radius 3 is 2.83 bits per heavy atom. The van der Waals surface area contributed by atoms with Crippen LogP contribution >= 0.6 is 15.9 Å². The Morgan fingerprint density at radius 2 is 2.17 bits per heavy atom. The summed E-state index contributed by atoms with van der Waals surface area (Å²) < 4.78 is 3.69. The van der Waals surface area contributed by atoms with Crippen molar-refractivity contribution in [1.29, 1.82) is 0 Å². The molecule has 0 saturated carbocycles. The van der Waals surface area contributed by atoms with Crippen molar-refractivity contribution in [3.63, 3.8) is 0 Å². The van der Waals surface area contributed by atoms with Gasteiger partial charge in [-0.15, -0.1) is 5.10 Å². The third-order valence-corrected chi connectivity index (χ3v) is 3.79. The van der Waals surface area contributed by atoms with Crippen molar-refractivity contribution in [2.24, 2.45) is 0 Å². The summed E-state index contributed by atoms with van der Waals surface area (Å²) in [5.41, 5.74) is 0.952. The molecule has 6 nitrogen and oxygen atoms in total. The van der Waals surface area contributed by atoms with Crippen molar-refractivity contribution < 1.29 is 0 Å². The van der Waals surface area contributed by atoms with E-state index in [1.54, 1.807) is 11.0 Å². The van der Waals surface area contributed by atoms with E-state index in [1.807, 2.05) is 10.9 Å². The molecule has 0 radical (unpaired) electrons. The quantitative estimate of drug-likeness (QED) is 0.795. The van der Waals surface area contributed by atoms with E-state index in [1.165, 1.54) is 0 Å². The molecule has 2 aromatic rings. The van der Waals surface area contributed by atoms with Gasteiger partial charge in [-0.2, -0.15) is 5.10 Å². The molecule has 2 rings (SSSR count). The molecule has 98 valence electrons. The van der Waals surface area contributed by atoms with Gasteiger partial charge < -0.3 is 0 Å². The first-order valence-corrected chi connectivity index (χ1v) is 6.95. The normalized spacial score (nSPS) is 13.2. The van der Waals surface area contributed by atoms with Crippen molar-refractivity contribution in [3.8, 4) is 0 Å². The van der Waals surface area contributed by atoms with Gasteiger partial charge in [-0.25, -0.2) is 14.3 Å². The number of halogens is 1. The average molecular weight is 313 g/mol. The van der Waals surface area contributed by atoms with Gasteiger partial charge in [-0.3, -0.25) is 0 Å². The summed E-state index contributed by atoms with van der Waals surface area (Å²) in [7, 11) is 0. The van der Waals surface area contributed by atoms with Crippen LogP contribution in [0, 0.1) is 0 Å². The topological polar surface area (TPSA) is 61.4 Å². The highest BCUT2D eigenvalue weighted by Gasteiger charge is 2.12. The molecule has 0 saturated heterocycles. The lowest BCUT2D eigenvalue weighted by Gasteiger charge is -2.08. The summed E-state index contributed by atoms with van der Waals surface area (Å²) >= 11 is 3.56. The van der Waals surface area contributed by atoms with Crippen molar-refractivity contribution in [2.75, 3.05) is 0 Å². The highest BCUT2D eigenvalue weighted by Crippen LogP contribution is 2.23. The van der Waals surface area contributed by atoms with Gasteiger partial charge in [0, 0.05) is 6.04 Å². The van der Waals surface area contributed by atoms with Crippen LogP contribution in [0.15, 0.2) is 12.5 Å². The lowest BCUT2D eigenvalue weighted by Crippen LogP contribution is -2.12. The van der Waals surface area contributed by atoms with E-state index in [9.17, 15) is 0 Å². The van der Waals surface area contributed by atoms with E-state index in [0.717, 1.165) is 17.9 Å². The second-order valence-corrected chi connectivity index (χ2v) is 5.54. The third kappa shape index (κ3) is 2.77. The Morgan fingerprint density at radius 1 is 1.39 bits per heavy atom. The fourth-order valence-electron chi connectivity index (χ4n) is 1.71. The average Bonchev–Trinajstić information content (AvgIpc) is 2.97. The van der Waals surface area contributed by atoms with Gasteiger partial charge in [0.05, 0.1) is 16.7 Å². The first-order chi connectivity index (χ1) is 8.61. The molecule has 2 heterocycles. The van der Waals surface area contributed by atoms with Crippen LogP contribution in [-0.2, 0) is 6.54 Å². The largest absolute Gasteiger partial charge is 0.246 e. The molecule has 0 bridgehead atoms. The molecular weight excluding hydrogens is 296 g/mol. The summed E-state index contributed by atoms with van der Waals surface area (Å²) in [5.74, 6) is 0.893. The summed E-state index contributed by atoms with van der Waals surface area (Å²) in [4.78, 5) is 4.52. The van der Waals surface area contributed by atoms with Gasteiger partial charge in [-0.05, 0) is 20.3 Å². The molecule has 0 aliphatic rings. The van der Waals surface area contributed by atoms with Crippen molar-refractivity contribution in [3.05, 3.63) is 24.0 Å². The summed E-state index contributed by atoms with van der Waals surface area (Å²) in [6, 6.07) is 0.296. The Kier molecular flexibility index (Phi) is 4.11. The highest BCUT2D eigenvalue weighted by atomic mass is 79.9. The van der Waals surface area contributed by atoms with E-state index < -0.39 is 0 Å². The van der Waals surface area contributed by atoms with Gasteiger partial charge >= 0.3 is 0 Å². The molecule has 0 aliphatic carbocycles. The van der Waals surface area contributed by atoms with E-state index in [-0.39, 0.29) is 4.83 Å². The molecule has 0 aliphatic heterocycles. The van der Waals surface area contributed by atoms with Gasteiger partial charge in [0.15, 0.2) is 0 Å². The van der Waals surface area contributed by atoms with Gasteiger partial charge in [0.1, 0.15) is 18.7 Å². The number of nitrogens with zero attached hydrogens (tertiary/aromatic N) is 6. The lowest BCUT2D eigenvalue weighted by molar-refractivity contribution is 0.485. The first kappa shape index (κ1) is 13.2. The SMILES string of the molecule is CCC(Br)c1cn(Cc2ncnn2C(C)C)nn1. The predicted octanol–water partition coefficient (Wildman–Crippen LogP) is 2.34. The lowest BCUT2D eigenvalue weighted by atomic mass is 10.3. The maximum atomic E-state index is 4.26. The van der Waals surface area contributed by atoms with Gasteiger partial charge in [-0.1, -0.05) is 28.1 Å². The third-order valence-electron chi connectivity index (χ3n) is 2.68. The summed E-state index contributed by atoms with van der Waals surface area (Å²) in [6.45, 7) is 6.86.